The maximum atomic E-state index is 12.3. The van der Waals surface area contributed by atoms with E-state index in [2.05, 4.69) is 5.32 Å². The normalized spacial score (nSPS) is 17.4. The molecule has 1 fully saturated rings. The standard InChI is InChI=1S/C15H22N4O2/c1-11(16)12-5-3-6-13(9-12)17-15(21)19-8-4-7-18(2)14(20)10-19/h3,5-6,9,11H,4,7-8,10,16H2,1-2H3,(H,17,21). The molecule has 0 aliphatic carbocycles. The second kappa shape index (κ2) is 6.58. The fraction of sp³-hybridized carbons (Fsp3) is 0.467. The highest BCUT2D eigenvalue weighted by atomic mass is 16.2. The van der Waals surface area contributed by atoms with E-state index in [4.69, 9.17) is 5.73 Å². The van der Waals surface area contributed by atoms with Crippen LogP contribution in [-0.4, -0.2) is 48.4 Å². The van der Waals surface area contributed by atoms with Crippen molar-refractivity contribution in [3.05, 3.63) is 29.8 Å². The smallest absolute Gasteiger partial charge is 0.322 e. The van der Waals surface area contributed by atoms with Crippen molar-refractivity contribution in [3.8, 4) is 0 Å². The minimum Gasteiger partial charge on any atom is -0.344 e. The van der Waals surface area contributed by atoms with Gasteiger partial charge in [0.1, 0.15) is 6.54 Å². The number of hydrogen-bond acceptors (Lipinski definition) is 3. The largest absolute Gasteiger partial charge is 0.344 e. The van der Waals surface area contributed by atoms with Gasteiger partial charge in [0.05, 0.1) is 0 Å². The van der Waals surface area contributed by atoms with Crippen LogP contribution in [-0.2, 0) is 4.79 Å². The summed E-state index contributed by atoms with van der Waals surface area (Å²) >= 11 is 0. The van der Waals surface area contributed by atoms with Crippen LogP contribution in [0.25, 0.3) is 0 Å². The highest BCUT2D eigenvalue weighted by molar-refractivity contribution is 5.92. The van der Waals surface area contributed by atoms with E-state index in [9.17, 15) is 9.59 Å². The van der Waals surface area contributed by atoms with E-state index in [1.165, 1.54) is 0 Å². The summed E-state index contributed by atoms with van der Waals surface area (Å²) < 4.78 is 0. The molecule has 0 spiro atoms. The Kier molecular flexibility index (Phi) is 4.80. The molecule has 1 unspecified atom stereocenters. The van der Waals surface area contributed by atoms with Gasteiger partial charge in [-0.05, 0) is 31.0 Å². The van der Waals surface area contributed by atoms with Crippen molar-refractivity contribution in [2.75, 3.05) is 32.0 Å². The lowest BCUT2D eigenvalue weighted by atomic mass is 10.1. The lowest BCUT2D eigenvalue weighted by Gasteiger charge is -2.20. The number of nitrogens with one attached hydrogen (secondary N) is 1. The monoisotopic (exact) mass is 290 g/mol. The third-order valence-electron chi connectivity index (χ3n) is 3.62. The number of anilines is 1. The molecule has 3 amide bonds. The van der Waals surface area contributed by atoms with Gasteiger partial charge in [-0.3, -0.25) is 4.79 Å². The van der Waals surface area contributed by atoms with Gasteiger partial charge in [0.25, 0.3) is 0 Å². The molecule has 3 N–H and O–H groups in total. The number of hydrogen-bond donors (Lipinski definition) is 2. The van der Waals surface area contributed by atoms with E-state index in [0.29, 0.717) is 18.8 Å². The predicted molar refractivity (Wildman–Crippen MR) is 81.9 cm³/mol. The second-order valence-electron chi connectivity index (χ2n) is 5.43. The first-order valence-electron chi connectivity index (χ1n) is 7.13. The summed E-state index contributed by atoms with van der Waals surface area (Å²) in [6.45, 7) is 3.28. The van der Waals surface area contributed by atoms with Crippen molar-refractivity contribution in [1.82, 2.24) is 9.80 Å². The molecule has 1 aromatic rings. The van der Waals surface area contributed by atoms with Crippen molar-refractivity contribution in [2.45, 2.75) is 19.4 Å². The number of likely N-dealkylation sites (N-methyl/N-ethyl adjacent to an activating group) is 1. The molecular formula is C15H22N4O2. The highest BCUT2D eigenvalue weighted by Crippen LogP contribution is 2.16. The molecule has 21 heavy (non-hydrogen) atoms. The van der Waals surface area contributed by atoms with Gasteiger partial charge in [-0.15, -0.1) is 0 Å². The minimum atomic E-state index is -0.250. The molecule has 1 aromatic carbocycles. The summed E-state index contributed by atoms with van der Waals surface area (Å²) in [7, 11) is 1.76. The molecular weight excluding hydrogens is 268 g/mol. The molecule has 6 nitrogen and oxygen atoms in total. The Labute approximate surface area is 124 Å². The van der Waals surface area contributed by atoms with Crippen molar-refractivity contribution in [1.29, 1.82) is 0 Å². The Bertz CT molecular complexity index is 530. The van der Waals surface area contributed by atoms with E-state index in [0.717, 1.165) is 12.0 Å². The van der Waals surface area contributed by atoms with Gasteiger partial charge >= 0.3 is 6.03 Å². The Morgan fingerprint density at radius 2 is 2.14 bits per heavy atom. The molecule has 1 aliphatic heterocycles. The highest BCUT2D eigenvalue weighted by Gasteiger charge is 2.22. The number of benzene rings is 1. The average Bonchev–Trinajstić information content (AvgIpc) is 2.61. The minimum absolute atomic E-state index is 0.0352. The van der Waals surface area contributed by atoms with Gasteiger partial charge in [-0.2, -0.15) is 0 Å². The summed E-state index contributed by atoms with van der Waals surface area (Å²) in [5.41, 5.74) is 7.49. The van der Waals surface area contributed by atoms with Crippen LogP contribution in [0, 0.1) is 0 Å². The SMILES string of the molecule is CC(N)c1cccc(NC(=O)N2CCCN(C)C(=O)C2)c1. The molecule has 114 valence electrons. The van der Waals surface area contributed by atoms with Crippen molar-refractivity contribution in [3.63, 3.8) is 0 Å². The molecule has 1 aliphatic rings. The quantitative estimate of drug-likeness (QED) is 0.864. The van der Waals surface area contributed by atoms with Crippen LogP contribution in [0.15, 0.2) is 24.3 Å². The van der Waals surface area contributed by atoms with E-state index >= 15 is 0 Å². The molecule has 1 heterocycles. The second-order valence-corrected chi connectivity index (χ2v) is 5.43. The van der Waals surface area contributed by atoms with E-state index in [1.54, 1.807) is 16.8 Å². The van der Waals surface area contributed by atoms with Crippen LogP contribution < -0.4 is 11.1 Å². The summed E-state index contributed by atoms with van der Waals surface area (Å²) in [6, 6.07) is 7.11. The lowest BCUT2D eigenvalue weighted by Crippen LogP contribution is -2.40. The third-order valence-corrected chi connectivity index (χ3v) is 3.62. The molecule has 0 radical (unpaired) electrons. The van der Waals surface area contributed by atoms with Gasteiger partial charge in [-0.25, -0.2) is 4.79 Å². The molecule has 0 bridgehead atoms. The van der Waals surface area contributed by atoms with Gasteiger partial charge in [0, 0.05) is 31.9 Å². The fourth-order valence-corrected chi connectivity index (χ4v) is 2.26. The Morgan fingerprint density at radius 3 is 2.86 bits per heavy atom. The first kappa shape index (κ1) is 15.3. The number of carbonyl (C=O) groups excluding carboxylic acids is 2. The third kappa shape index (κ3) is 3.95. The van der Waals surface area contributed by atoms with Gasteiger partial charge < -0.3 is 20.9 Å². The summed E-state index contributed by atoms with van der Waals surface area (Å²) in [5.74, 6) is -0.0352. The van der Waals surface area contributed by atoms with Crippen molar-refractivity contribution >= 4 is 17.6 Å². The Morgan fingerprint density at radius 1 is 1.38 bits per heavy atom. The first-order chi connectivity index (χ1) is 9.97. The summed E-state index contributed by atoms with van der Waals surface area (Å²) in [6.07, 6.45) is 0.787. The van der Waals surface area contributed by atoms with Gasteiger partial charge in [0.15, 0.2) is 0 Å². The van der Waals surface area contributed by atoms with Crippen LogP contribution in [0.3, 0.4) is 0 Å². The number of urea groups is 1. The molecule has 6 heteroatoms. The van der Waals surface area contributed by atoms with Crippen LogP contribution >= 0.6 is 0 Å². The van der Waals surface area contributed by atoms with Crippen LogP contribution in [0.2, 0.25) is 0 Å². The summed E-state index contributed by atoms with van der Waals surface area (Å²) in [4.78, 5) is 27.3. The van der Waals surface area contributed by atoms with E-state index in [1.807, 2.05) is 31.2 Å². The average molecular weight is 290 g/mol. The Balaban J connectivity index is 2.03. The topological polar surface area (TPSA) is 78.7 Å². The zero-order chi connectivity index (χ0) is 15.4. The summed E-state index contributed by atoms with van der Waals surface area (Å²) in [5, 5.41) is 2.83. The lowest BCUT2D eigenvalue weighted by molar-refractivity contribution is -0.129. The van der Waals surface area contributed by atoms with E-state index in [-0.39, 0.29) is 24.5 Å². The number of amides is 3. The maximum absolute atomic E-state index is 12.3. The van der Waals surface area contributed by atoms with Crippen LogP contribution in [0.5, 0.6) is 0 Å². The first-order valence-corrected chi connectivity index (χ1v) is 7.13. The zero-order valence-corrected chi connectivity index (χ0v) is 12.5. The van der Waals surface area contributed by atoms with Crippen LogP contribution in [0.1, 0.15) is 24.9 Å². The molecule has 0 aromatic heterocycles. The predicted octanol–water partition coefficient (Wildman–Crippen LogP) is 1.40. The number of nitrogens with zero attached hydrogens (tertiary/aromatic N) is 2. The van der Waals surface area contributed by atoms with Crippen LogP contribution in [0.4, 0.5) is 10.5 Å². The molecule has 1 saturated heterocycles. The molecule has 0 saturated carbocycles. The molecule has 2 rings (SSSR count). The van der Waals surface area contributed by atoms with Crippen molar-refractivity contribution in [2.24, 2.45) is 5.73 Å². The number of nitrogens with two attached hydrogens (primary N) is 1. The zero-order valence-electron chi connectivity index (χ0n) is 12.5. The van der Waals surface area contributed by atoms with Gasteiger partial charge in [-0.1, -0.05) is 12.1 Å². The number of rotatable bonds is 2. The van der Waals surface area contributed by atoms with Gasteiger partial charge in [0.2, 0.25) is 5.91 Å². The maximum Gasteiger partial charge on any atom is 0.322 e. The van der Waals surface area contributed by atoms with Crippen molar-refractivity contribution < 1.29 is 9.59 Å². The van der Waals surface area contributed by atoms with E-state index < -0.39 is 0 Å². The number of carbonyl (C=O) groups is 2. The fourth-order valence-electron chi connectivity index (χ4n) is 2.26. The Hall–Kier alpha value is -2.08. The molecule has 1 atom stereocenters.